The third-order valence-electron chi connectivity index (χ3n) is 3.92. The second-order valence-corrected chi connectivity index (χ2v) is 7.25. The van der Waals surface area contributed by atoms with Crippen LogP contribution in [0.2, 0.25) is 5.02 Å². The SMILES string of the molecule is CS(=O)c1cn(-c2cc(F)cc(Cl)c2)c2c1C(O)C(F)(F)CC2. The van der Waals surface area contributed by atoms with Crippen molar-refractivity contribution in [3.05, 3.63) is 46.5 Å². The van der Waals surface area contributed by atoms with Crippen molar-refractivity contribution in [2.45, 2.75) is 29.8 Å². The first-order valence-corrected chi connectivity index (χ1v) is 8.74. The fourth-order valence-corrected chi connectivity index (χ4v) is 3.86. The highest BCUT2D eigenvalue weighted by Crippen LogP contribution is 2.45. The van der Waals surface area contributed by atoms with E-state index in [1.54, 1.807) is 0 Å². The van der Waals surface area contributed by atoms with Crippen molar-refractivity contribution in [2.75, 3.05) is 6.26 Å². The molecule has 0 saturated carbocycles. The molecule has 3 rings (SSSR count). The molecule has 0 bridgehead atoms. The number of benzene rings is 1. The zero-order valence-electron chi connectivity index (χ0n) is 12.0. The molecule has 2 aromatic rings. The van der Waals surface area contributed by atoms with Gasteiger partial charge in [0.25, 0.3) is 5.92 Å². The topological polar surface area (TPSA) is 42.2 Å². The van der Waals surface area contributed by atoms with Crippen LogP contribution in [0.5, 0.6) is 0 Å². The molecular weight excluding hydrogens is 351 g/mol. The normalized spacial score (nSPS) is 21.0. The summed E-state index contributed by atoms with van der Waals surface area (Å²) >= 11 is 5.84. The lowest BCUT2D eigenvalue weighted by Gasteiger charge is -2.29. The Morgan fingerprint density at radius 3 is 2.70 bits per heavy atom. The highest BCUT2D eigenvalue weighted by atomic mass is 35.5. The van der Waals surface area contributed by atoms with E-state index in [0.717, 1.165) is 6.07 Å². The van der Waals surface area contributed by atoms with Crippen LogP contribution < -0.4 is 0 Å². The van der Waals surface area contributed by atoms with Gasteiger partial charge < -0.3 is 9.67 Å². The fraction of sp³-hybridized carbons (Fsp3) is 0.333. The lowest BCUT2D eigenvalue weighted by Crippen LogP contribution is -2.32. The van der Waals surface area contributed by atoms with Gasteiger partial charge in [0.15, 0.2) is 0 Å². The second kappa shape index (κ2) is 5.65. The van der Waals surface area contributed by atoms with Gasteiger partial charge in [-0.3, -0.25) is 4.21 Å². The van der Waals surface area contributed by atoms with E-state index in [4.69, 9.17) is 11.6 Å². The maximum absolute atomic E-state index is 13.8. The van der Waals surface area contributed by atoms with Gasteiger partial charge in [0.05, 0.1) is 15.7 Å². The van der Waals surface area contributed by atoms with E-state index in [1.165, 1.54) is 29.2 Å². The molecule has 23 heavy (non-hydrogen) atoms. The Labute approximate surface area is 138 Å². The molecule has 1 aromatic heterocycles. The average molecular weight is 364 g/mol. The van der Waals surface area contributed by atoms with Crippen molar-refractivity contribution >= 4 is 22.4 Å². The summed E-state index contributed by atoms with van der Waals surface area (Å²) in [5, 5.41) is 10.1. The Morgan fingerprint density at radius 1 is 1.39 bits per heavy atom. The summed E-state index contributed by atoms with van der Waals surface area (Å²) in [6.07, 6.45) is 0.152. The van der Waals surface area contributed by atoms with Gasteiger partial charge in [-0.2, -0.15) is 0 Å². The number of halogens is 4. The van der Waals surface area contributed by atoms with Crippen LogP contribution in [0, 0.1) is 5.82 Å². The van der Waals surface area contributed by atoms with Crippen LogP contribution >= 0.6 is 11.6 Å². The maximum atomic E-state index is 13.8. The van der Waals surface area contributed by atoms with E-state index in [1.807, 2.05) is 0 Å². The maximum Gasteiger partial charge on any atom is 0.278 e. The highest BCUT2D eigenvalue weighted by Gasteiger charge is 2.46. The fourth-order valence-electron chi connectivity index (χ4n) is 2.86. The summed E-state index contributed by atoms with van der Waals surface area (Å²) in [4.78, 5) is 0.118. The molecule has 0 amide bonds. The Balaban J connectivity index is 2.25. The second-order valence-electron chi connectivity index (χ2n) is 5.47. The molecule has 8 heteroatoms. The molecule has 0 aliphatic heterocycles. The van der Waals surface area contributed by atoms with Gasteiger partial charge in [-0.05, 0) is 24.6 Å². The van der Waals surface area contributed by atoms with E-state index in [9.17, 15) is 22.5 Å². The molecule has 1 aliphatic carbocycles. The zero-order valence-corrected chi connectivity index (χ0v) is 13.6. The quantitative estimate of drug-likeness (QED) is 0.885. The number of alkyl halides is 2. The summed E-state index contributed by atoms with van der Waals surface area (Å²) in [6.45, 7) is 0. The smallest absolute Gasteiger partial charge is 0.278 e. The summed E-state index contributed by atoms with van der Waals surface area (Å²) in [5.74, 6) is -3.86. The van der Waals surface area contributed by atoms with Crippen LogP contribution in [0.3, 0.4) is 0 Å². The largest absolute Gasteiger partial charge is 0.382 e. The van der Waals surface area contributed by atoms with Crippen LogP contribution in [0.15, 0.2) is 29.3 Å². The number of fused-ring (bicyclic) bond motifs is 1. The monoisotopic (exact) mass is 363 g/mol. The van der Waals surface area contributed by atoms with Crippen LogP contribution in [0.4, 0.5) is 13.2 Å². The Morgan fingerprint density at radius 2 is 2.09 bits per heavy atom. The van der Waals surface area contributed by atoms with Crippen molar-refractivity contribution < 1.29 is 22.5 Å². The van der Waals surface area contributed by atoms with E-state index < -0.39 is 35.1 Å². The van der Waals surface area contributed by atoms with Gasteiger partial charge in [0.1, 0.15) is 11.9 Å². The summed E-state index contributed by atoms with van der Waals surface area (Å²) in [7, 11) is -1.58. The molecule has 0 spiro atoms. The Bertz CT molecular complexity index is 786. The summed E-state index contributed by atoms with van der Waals surface area (Å²) < 4.78 is 54.6. The van der Waals surface area contributed by atoms with Crippen molar-refractivity contribution in [1.82, 2.24) is 4.57 Å². The van der Waals surface area contributed by atoms with Crippen LogP contribution in [-0.2, 0) is 17.2 Å². The number of nitrogens with zero attached hydrogens (tertiary/aromatic N) is 1. The minimum Gasteiger partial charge on any atom is -0.382 e. The number of aliphatic hydroxyl groups excluding tert-OH is 1. The van der Waals surface area contributed by atoms with Crippen LogP contribution in [0.25, 0.3) is 5.69 Å². The Kier molecular flexibility index (Phi) is 4.06. The summed E-state index contributed by atoms with van der Waals surface area (Å²) in [6, 6.07) is 3.81. The number of aliphatic hydroxyl groups is 1. The molecule has 1 aliphatic rings. The molecule has 2 atom stereocenters. The minimum absolute atomic E-state index is 0.0231. The molecule has 124 valence electrons. The van der Waals surface area contributed by atoms with E-state index >= 15 is 0 Å². The first-order chi connectivity index (χ1) is 10.7. The van der Waals surface area contributed by atoms with Gasteiger partial charge in [-0.1, -0.05) is 11.6 Å². The molecule has 3 nitrogen and oxygen atoms in total. The lowest BCUT2D eigenvalue weighted by atomic mass is 9.91. The van der Waals surface area contributed by atoms with E-state index in [-0.39, 0.29) is 21.9 Å². The minimum atomic E-state index is -3.28. The summed E-state index contributed by atoms with van der Waals surface area (Å²) in [5.41, 5.74) is 0.693. The van der Waals surface area contributed by atoms with Gasteiger partial charge in [0, 0.05) is 40.8 Å². The number of hydrogen-bond donors (Lipinski definition) is 1. The molecule has 1 N–H and O–H groups in total. The predicted octanol–water partition coefficient (Wildman–Crippen LogP) is 3.62. The molecule has 0 radical (unpaired) electrons. The zero-order chi connectivity index (χ0) is 16.9. The molecule has 1 aromatic carbocycles. The number of rotatable bonds is 2. The average Bonchev–Trinajstić information content (AvgIpc) is 2.82. The molecule has 1 heterocycles. The van der Waals surface area contributed by atoms with Crippen molar-refractivity contribution in [3.8, 4) is 5.69 Å². The molecule has 0 fully saturated rings. The van der Waals surface area contributed by atoms with Gasteiger partial charge in [0.2, 0.25) is 0 Å². The number of hydrogen-bond acceptors (Lipinski definition) is 2. The van der Waals surface area contributed by atoms with E-state index in [0.29, 0.717) is 11.4 Å². The van der Waals surface area contributed by atoms with Crippen LogP contribution in [-0.4, -0.2) is 26.1 Å². The Hall–Kier alpha value is -1.31. The van der Waals surface area contributed by atoms with Gasteiger partial charge in [-0.15, -0.1) is 0 Å². The van der Waals surface area contributed by atoms with Crippen molar-refractivity contribution in [1.29, 1.82) is 0 Å². The van der Waals surface area contributed by atoms with Crippen LogP contribution in [0.1, 0.15) is 23.8 Å². The third-order valence-corrected chi connectivity index (χ3v) is 5.08. The van der Waals surface area contributed by atoms with E-state index in [2.05, 4.69) is 0 Å². The standard InChI is InChI=1S/C15H13ClF3NO2S/c1-23(22)12-7-20(10-5-8(16)4-9(17)6-10)11-2-3-15(18,19)14(21)13(11)12/h4-7,14,21H,2-3H2,1H3. The van der Waals surface area contributed by atoms with Crippen molar-refractivity contribution in [3.63, 3.8) is 0 Å². The third kappa shape index (κ3) is 2.81. The van der Waals surface area contributed by atoms with Gasteiger partial charge in [-0.25, -0.2) is 13.2 Å². The number of aromatic nitrogens is 1. The first kappa shape index (κ1) is 16.5. The first-order valence-electron chi connectivity index (χ1n) is 6.80. The van der Waals surface area contributed by atoms with Crippen molar-refractivity contribution in [2.24, 2.45) is 0 Å². The predicted molar refractivity (Wildman–Crippen MR) is 81.3 cm³/mol. The molecule has 0 saturated heterocycles. The lowest BCUT2D eigenvalue weighted by molar-refractivity contribution is -0.123. The molecule has 2 unspecified atom stereocenters. The van der Waals surface area contributed by atoms with Gasteiger partial charge >= 0.3 is 0 Å². The molecular formula is C15H13ClF3NO2S. The highest BCUT2D eigenvalue weighted by molar-refractivity contribution is 7.84.